The van der Waals surface area contributed by atoms with Crippen LogP contribution in [0.5, 0.6) is 0 Å². The molecule has 17 heavy (non-hydrogen) atoms. The summed E-state index contributed by atoms with van der Waals surface area (Å²) in [5.41, 5.74) is 2.18. The lowest BCUT2D eigenvalue weighted by molar-refractivity contribution is 0.585. The van der Waals surface area contributed by atoms with Gasteiger partial charge in [-0.05, 0) is 29.7 Å². The van der Waals surface area contributed by atoms with Crippen molar-refractivity contribution in [3.63, 3.8) is 0 Å². The van der Waals surface area contributed by atoms with Crippen molar-refractivity contribution in [2.75, 3.05) is 0 Å². The highest BCUT2D eigenvalue weighted by atomic mass is 35.5. The third-order valence-electron chi connectivity index (χ3n) is 2.59. The maximum atomic E-state index is 13.8. The fourth-order valence-corrected chi connectivity index (χ4v) is 1.80. The highest BCUT2D eigenvalue weighted by Gasteiger charge is 2.09. The highest BCUT2D eigenvalue weighted by Crippen LogP contribution is 2.24. The Bertz CT molecular complexity index is 520. The molecular weight excluding hydrogens is 237 g/mol. The molecule has 1 aromatic heterocycles. The summed E-state index contributed by atoms with van der Waals surface area (Å²) in [6, 6.07) is 8.80. The van der Waals surface area contributed by atoms with Gasteiger partial charge in [-0.3, -0.25) is 4.98 Å². The number of benzene rings is 1. The van der Waals surface area contributed by atoms with Crippen LogP contribution in [0.25, 0.3) is 11.1 Å². The molecule has 0 bridgehead atoms. The van der Waals surface area contributed by atoms with Crippen LogP contribution in [-0.4, -0.2) is 4.98 Å². The van der Waals surface area contributed by atoms with E-state index in [9.17, 15) is 4.39 Å². The van der Waals surface area contributed by atoms with E-state index >= 15 is 0 Å². The maximum absolute atomic E-state index is 13.8. The van der Waals surface area contributed by atoms with Crippen molar-refractivity contribution in [3.05, 3.63) is 53.1 Å². The van der Waals surface area contributed by atoms with Crippen molar-refractivity contribution in [1.82, 2.24) is 4.98 Å². The SMILES string of the molecule is CC(C)c1ncc(-c2ccc(Cl)cc2)cc1F. The summed E-state index contributed by atoms with van der Waals surface area (Å²) >= 11 is 5.81. The summed E-state index contributed by atoms with van der Waals surface area (Å²) in [6.07, 6.45) is 1.70. The van der Waals surface area contributed by atoms with Gasteiger partial charge in [0.2, 0.25) is 0 Å². The Hall–Kier alpha value is -1.41. The molecule has 0 aliphatic rings. The van der Waals surface area contributed by atoms with E-state index < -0.39 is 0 Å². The van der Waals surface area contributed by atoms with Crippen LogP contribution in [0.4, 0.5) is 4.39 Å². The van der Waals surface area contributed by atoms with Crippen LogP contribution in [0.15, 0.2) is 36.5 Å². The number of hydrogen-bond donors (Lipinski definition) is 0. The standard InChI is InChI=1S/C14H13ClFN/c1-9(2)14-13(16)7-11(8-17-14)10-3-5-12(15)6-4-10/h3-9H,1-2H3. The Labute approximate surface area is 105 Å². The number of halogens is 2. The number of rotatable bonds is 2. The molecule has 2 rings (SSSR count). The smallest absolute Gasteiger partial charge is 0.145 e. The average Bonchev–Trinajstić information content (AvgIpc) is 2.29. The lowest BCUT2D eigenvalue weighted by Gasteiger charge is -2.08. The van der Waals surface area contributed by atoms with Crippen molar-refractivity contribution in [3.8, 4) is 11.1 Å². The fraction of sp³-hybridized carbons (Fsp3) is 0.214. The predicted molar refractivity (Wildman–Crippen MR) is 68.7 cm³/mol. The molecule has 0 amide bonds. The summed E-state index contributed by atoms with van der Waals surface area (Å²) in [6.45, 7) is 3.85. The quantitative estimate of drug-likeness (QED) is 0.754. The van der Waals surface area contributed by atoms with E-state index in [0.717, 1.165) is 11.1 Å². The second-order valence-electron chi connectivity index (χ2n) is 4.25. The minimum Gasteiger partial charge on any atom is -0.257 e. The van der Waals surface area contributed by atoms with Crippen molar-refractivity contribution >= 4 is 11.6 Å². The van der Waals surface area contributed by atoms with E-state index in [2.05, 4.69) is 4.98 Å². The molecule has 0 aliphatic carbocycles. The Morgan fingerprint density at radius 1 is 1.12 bits per heavy atom. The van der Waals surface area contributed by atoms with Crippen molar-refractivity contribution in [2.45, 2.75) is 19.8 Å². The largest absolute Gasteiger partial charge is 0.257 e. The molecule has 0 aliphatic heterocycles. The molecular formula is C14H13ClFN. The number of nitrogens with zero attached hydrogens (tertiary/aromatic N) is 1. The second-order valence-corrected chi connectivity index (χ2v) is 4.69. The van der Waals surface area contributed by atoms with Gasteiger partial charge in [0.05, 0.1) is 5.69 Å². The highest BCUT2D eigenvalue weighted by molar-refractivity contribution is 6.30. The van der Waals surface area contributed by atoms with Crippen LogP contribution >= 0.6 is 11.6 Å². The van der Waals surface area contributed by atoms with Gasteiger partial charge in [-0.2, -0.15) is 0 Å². The molecule has 88 valence electrons. The molecule has 0 saturated carbocycles. The van der Waals surface area contributed by atoms with Gasteiger partial charge in [-0.25, -0.2) is 4.39 Å². The Morgan fingerprint density at radius 3 is 2.29 bits per heavy atom. The average molecular weight is 250 g/mol. The minimum atomic E-state index is -0.257. The zero-order chi connectivity index (χ0) is 12.4. The summed E-state index contributed by atoms with van der Waals surface area (Å²) in [5.74, 6) is -0.165. The van der Waals surface area contributed by atoms with Gasteiger partial charge >= 0.3 is 0 Å². The topological polar surface area (TPSA) is 12.9 Å². The van der Waals surface area contributed by atoms with Crippen LogP contribution in [-0.2, 0) is 0 Å². The lowest BCUT2D eigenvalue weighted by atomic mass is 10.0. The van der Waals surface area contributed by atoms with Crippen molar-refractivity contribution < 1.29 is 4.39 Å². The van der Waals surface area contributed by atoms with E-state index in [1.54, 1.807) is 18.3 Å². The van der Waals surface area contributed by atoms with E-state index in [0.29, 0.717) is 10.7 Å². The van der Waals surface area contributed by atoms with Crippen LogP contribution in [0.2, 0.25) is 5.02 Å². The van der Waals surface area contributed by atoms with E-state index in [4.69, 9.17) is 11.6 Å². The van der Waals surface area contributed by atoms with Gasteiger partial charge in [0.15, 0.2) is 0 Å². The van der Waals surface area contributed by atoms with Gasteiger partial charge in [0.1, 0.15) is 5.82 Å². The fourth-order valence-electron chi connectivity index (χ4n) is 1.67. The molecule has 0 saturated heterocycles. The molecule has 1 aromatic carbocycles. The molecule has 2 aromatic rings. The summed E-state index contributed by atoms with van der Waals surface area (Å²) in [4.78, 5) is 4.17. The maximum Gasteiger partial charge on any atom is 0.145 e. The molecule has 0 atom stereocenters. The normalized spacial score (nSPS) is 10.9. The zero-order valence-electron chi connectivity index (χ0n) is 9.74. The number of aromatic nitrogens is 1. The first-order chi connectivity index (χ1) is 8.08. The lowest BCUT2D eigenvalue weighted by Crippen LogP contribution is -1.97. The number of hydrogen-bond acceptors (Lipinski definition) is 1. The van der Waals surface area contributed by atoms with E-state index in [1.165, 1.54) is 6.07 Å². The molecule has 0 fully saturated rings. The van der Waals surface area contributed by atoms with Crippen LogP contribution in [0.1, 0.15) is 25.5 Å². The monoisotopic (exact) mass is 249 g/mol. The van der Waals surface area contributed by atoms with Gasteiger partial charge in [0.25, 0.3) is 0 Å². The molecule has 1 nitrogen and oxygen atoms in total. The summed E-state index contributed by atoms with van der Waals surface area (Å²) in [5, 5.41) is 0.668. The molecule has 0 radical (unpaired) electrons. The first-order valence-electron chi connectivity index (χ1n) is 5.49. The van der Waals surface area contributed by atoms with Gasteiger partial charge in [-0.1, -0.05) is 37.6 Å². The Kier molecular flexibility index (Phi) is 3.43. The molecule has 1 heterocycles. The summed E-state index contributed by atoms with van der Waals surface area (Å²) < 4.78 is 13.8. The molecule has 0 spiro atoms. The van der Waals surface area contributed by atoms with Crippen LogP contribution < -0.4 is 0 Å². The van der Waals surface area contributed by atoms with Crippen LogP contribution in [0.3, 0.4) is 0 Å². The van der Waals surface area contributed by atoms with Gasteiger partial charge in [0, 0.05) is 16.8 Å². The van der Waals surface area contributed by atoms with Crippen molar-refractivity contribution in [2.24, 2.45) is 0 Å². The third-order valence-corrected chi connectivity index (χ3v) is 2.85. The second kappa shape index (κ2) is 4.84. The predicted octanol–water partition coefficient (Wildman–Crippen LogP) is 4.66. The third kappa shape index (κ3) is 2.64. The minimum absolute atomic E-state index is 0.0919. The molecule has 0 N–H and O–H groups in total. The van der Waals surface area contributed by atoms with Crippen molar-refractivity contribution in [1.29, 1.82) is 0 Å². The van der Waals surface area contributed by atoms with E-state index in [-0.39, 0.29) is 11.7 Å². The molecule has 3 heteroatoms. The first-order valence-corrected chi connectivity index (χ1v) is 5.87. The van der Waals surface area contributed by atoms with Crippen LogP contribution in [0, 0.1) is 5.82 Å². The van der Waals surface area contributed by atoms with E-state index in [1.807, 2.05) is 26.0 Å². The van der Waals surface area contributed by atoms with Gasteiger partial charge in [-0.15, -0.1) is 0 Å². The zero-order valence-corrected chi connectivity index (χ0v) is 10.5. The summed E-state index contributed by atoms with van der Waals surface area (Å²) in [7, 11) is 0. The Morgan fingerprint density at radius 2 is 1.76 bits per heavy atom. The molecule has 0 unspecified atom stereocenters. The van der Waals surface area contributed by atoms with Gasteiger partial charge < -0.3 is 0 Å². The number of pyridine rings is 1. The Balaban J connectivity index is 2.41. The first kappa shape index (κ1) is 12.1.